The summed E-state index contributed by atoms with van der Waals surface area (Å²) >= 11 is 5.82. The molecular formula is C13H10ClF2N. The van der Waals surface area contributed by atoms with Crippen molar-refractivity contribution < 1.29 is 8.78 Å². The normalized spacial score (nSPS) is 10.6. The maximum absolute atomic E-state index is 13.6. The summed E-state index contributed by atoms with van der Waals surface area (Å²) in [7, 11) is 0. The van der Waals surface area contributed by atoms with Gasteiger partial charge >= 0.3 is 0 Å². The molecular weight excluding hydrogens is 244 g/mol. The van der Waals surface area contributed by atoms with E-state index in [1.54, 1.807) is 18.2 Å². The lowest BCUT2D eigenvalue weighted by Crippen LogP contribution is -2.01. The van der Waals surface area contributed by atoms with Gasteiger partial charge in [0.1, 0.15) is 11.6 Å². The van der Waals surface area contributed by atoms with Crippen LogP contribution in [0.5, 0.6) is 0 Å². The van der Waals surface area contributed by atoms with Gasteiger partial charge in [-0.3, -0.25) is 0 Å². The summed E-state index contributed by atoms with van der Waals surface area (Å²) in [5.41, 5.74) is 6.54. The Kier molecular flexibility index (Phi) is 3.41. The van der Waals surface area contributed by atoms with Gasteiger partial charge in [-0.2, -0.15) is 0 Å². The third-order valence-corrected chi connectivity index (χ3v) is 2.75. The van der Waals surface area contributed by atoms with Crippen molar-refractivity contribution in [2.24, 2.45) is 5.73 Å². The molecule has 2 aromatic rings. The van der Waals surface area contributed by atoms with Gasteiger partial charge in [0.15, 0.2) is 0 Å². The van der Waals surface area contributed by atoms with Crippen LogP contribution in [0.3, 0.4) is 0 Å². The average molecular weight is 254 g/mol. The van der Waals surface area contributed by atoms with Crippen LogP contribution < -0.4 is 5.73 Å². The topological polar surface area (TPSA) is 26.0 Å². The van der Waals surface area contributed by atoms with Gasteiger partial charge in [-0.1, -0.05) is 23.7 Å². The lowest BCUT2D eigenvalue weighted by atomic mass is 9.99. The van der Waals surface area contributed by atoms with E-state index in [-0.39, 0.29) is 12.1 Å². The quantitative estimate of drug-likeness (QED) is 0.867. The van der Waals surface area contributed by atoms with Crippen LogP contribution >= 0.6 is 11.6 Å². The van der Waals surface area contributed by atoms with Gasteiger partial charge < -0.3 is 5.73 Å². The molecule has 88 valence electrons. The SMILES string of the molecule is NCc1cc(Cl)ccc1-c1c(F)cccc1F. The Morgan fingerprint density at radius 1 is 1.06 bits per heavy atom. The average Bonchev–Trinajstić information content (AvgIpc) is 2.30. The van der Waals surface area contributed by atoms with E-state index in [2.05, 4.69) is 0 Å². The Labute approximate surface area is 103 Å². The van der Waals surface area contributed by atoms with Gasteiger partial charge in [0.25, 0.3) is 0 Å². The number of halogens is 3. The van der Waals surface area contributed by atoms with Crippen molar-refractivity contribution in [3.05, 3.63) is 58.6 Å². The first-order valence-electron chi connectivity index (χ1n) is 5.06. The monoisotopic (exact) mass is 253 g/mol. The van der Waals surface area contributed by atoms with Crippen LogP contribution in [-0.4, -0.2) is 0 Å². The maximum atomic E-state index is 13.6. The fraction of sp³-hybridized carbons (Fsp3) is 0.0769. The van der Waals surface area contributed by atoms with Crippen LogP contribution in [0.25, 0.3) is 11.1 Å². The van der Waals surface area contributed by atoms with E-state index in [1.165, 1.54) is 18.2 Å². The molecule has 1 nitrogen and oxygen atoms in total. The highest BCUT2D eigenvalue weighted by atomic mass is 35.5. The van der Waals surface area contributed by atoms with Crippen molar-refractivity contribution in [1.29, 1.82) is 0 Å². The second-order valence-electron chi connectivity index (χ2n) is 3.60. The first-order valence-corrected chi connectivity index (χ1v) is 5.44. The molecule has 0 aliphatic rings. The number of hydrogen-bond donors (Lipinski definition) is 1. The predicted octanol–water partition coefficient (Wildman–Crippen LogP) is 3.74. The third-order valence-electron chi connectivity index (χ3n) is 2.52. The van der Waals surface area contributed by atoms with Crippen LogP contribution in [0.4, 0.5) is 8.78 Å². The molecule has 0 saturated carbocycles. The Morgan fingerprint density at radius 3 is 2.29 bits per heavy atom. The molecule has 2 N–H and O–H groups in total. The minimum absolute atomic E-state index is 0.0652. The summed E-state index contributed by atoms with van der Waals surface area (Å²) in [6.45, 7) is 0.170. The summed E-state index contributed by atoms with van der Waals surface area (Å²) in [6.07, 6.45) is 0. The van der Waals surface area contributed by atoms with Crippen LogP contribution in [-0.2, 0) is 6.54 Å². The molecule has 4 heteroatoms. The number of benzene rings is 2. The molecule has 0 aliphatic heterocycles. The van der Waals surface area contributed by atoms with E-state index in [0.717, 1.165) is 0 Å². The smallest absolute Gasteiger partial charge is 0.133 e. The molecule has 0 unspecified atom stereocenters. The van der Waals surface area contributed by atoms with Gasteiger partial charge in [-0.25, -0.2) is 8.78 Å². The van der Waals surface area contributed by atoms with Crippen LogP contribution in [0.2, 0.25) is 5.02 Å². The summed E-state index contributed by atoms with van der Waals surface area (Å²) < 4.78 is 27.3. The number of nitrogens with two attached hydrogens (primary N) is 1. The van der Waals surface area contributed by atoms with Gasteiger partial charge in [-0.05, 0) is 35.4 Å². The van der Waals surface area contributed by atoms with Gasteiger partial charge in [-0.15, -0.1) is 0 Å². The Bertz CT molecular complexity index is 535. The van der Waals surface area contributed by atoms with Gasteiger partial charge in [0, 0.05) is 11.6 Å². The fourth-order valence-electron chi connectivity index (χ4n) is 1.73. The molecule has 0 bridgehead atoms. The van der Waals surface area contributed by atoms with Crippen molar-refractivity contribution in [3.8, 4) is 11.1 Å². The molecule has 0 radical (unpaired) electrons. The molecule has 0 fully saturated rings. The van der Waals surface area contributed by atoms with Gasteiger partial charge in [0.05, 0.1) is 5.56 Å². The standard InChI is InChI=1S/C13H10ClF2N/c14-9-4-5-10(8(6-9)7-17)13-11(15)2-1-3-12(13)16/h1-6H,7,17H2. The Hall–Kier alpha value is -1.45. The second-order valence-corrected chi connectivity index (χ2v) is 4.04. The first kappa shape index (κ1) is 12.0. The van der Waals surface area contributed by atoms with Crippen molar-refractivity contribution >= 4 is 11.6 Å². The number of hydrogen-bond acceptors (Lipinski definition) is 1. The highest BCUT2D eigenvalue weighted by Crippen LogP contribution is 2.30. The van der Waals surface area contributed by atoms with E-state index in [9.17, 15) is 8.78 Å². The molecule has 0 atom stereocenters. The van der Waals surface area contributed by atoms with Gasteiger partial charge in [0.2, 0.25) is 0 Å². The van der Waals surface area contributed by atoms with E-state index < -0.39 is 11.6 Å². The lowest BCUT2D eigenvalue weighted by molar-refractivity contribution is 0.589. The minimum atomic E-state index is -0.609. The largest absolute Gasteiger partial charge is 0.326 e. The zero-order valence-corrected chi connectivity index (χ0v) is 9.64. The van der Waals surface area contributed by atoms with E-state index >= 15 is 0 Å². The van der Waals surface area contributed by atoms with Crippen LogP contribution in [0.15, 0.2) is 36.4 Å². The van der Waals surface area contributed by atoms with E-state index in [4.69, 9.17) is 17.3 Å². The lowest BCUT2D eigenvalue weighted by Gasteiger charge is -2.10. The Balaban J connectivity index is 2.68. The zero-order valence-electron chi connectivity index (χ0n) is 8.88. The highest BCUT2D eigenvalue weighted by molar-refractivity contribution is 6.30. The van der Waals surface area contributed by atoms with Crippen molar-refractivity contribution in [3.63, 3.8) is 0 Å². The zero-order chi connectivity index (χ0) is 12.4. The summed E-state index contributed by atoms with van der Waals surface area (Å²) in [5.74, 6) is -1.22. The Morgan fingerprint density at radius 2 is 1.71 bits per heavy atom. The molecule has 0 spiro atoms. The van der Waals surface area contributed by atoms with Crippen LogP contribution in [0.1, 0.15) is 5.56 Å². The second kappa shape index (κ2) is 4.82. The van der Waals surface area contributed by atoms with Crippen molar-refractivity contribution in [1.82, 2.24) is 0 Å². The third kappa shape index (κ3) is 2.30. The molecule has 0 aliphatic carbocycles. The predicted molar refractivity (Wildman–Crippen MR) is 64.7 cm³/mol. The van der Waals surface area contributed by atoms with Crippen molar-refractivity contribution in [2.45, 2.75) is 6.54 Å². The molecule has 17 heavy (non-hydrogen) atoms. The minimum Gasteiger partial charge on any atom is -0.326 e. The molecule has 0 saturated heterocycles. The van der Waals surface area contributed by atoms with Crippen LogP contribution in [0, 0.1) is 11.6 Å². The molecule has 0 heterocycles. The summed E-state index contributed by atoms with van der Waals surface area (Å²) in [4.78, 5) is 0. The fourth-order valence-corrected chi connectivity index (χ4v) is 1.92. The molecule has 0 amide bonds. The summed E-state index contributed by atoms with van der Waals surface area (Å²) in [6, 6.07) is 8.53. The maximum Gasteiger partial charge on any atom is 0.133 e. The summed E-state index contributed by atoms with van der Waals surface area (Å²) in [5, 5.41) is 0.492. The molecule has 0 aromatic heterocycles. The molecule has 2 rings (SSSR count). The molecule has 2 aromatic carbocycles. The van der Waals surface area contributed by atoms with E-state index in [0.29, 0.717) is 16.1 Å². The van der Waals surface area contributed by atoms with E-state index in [1.807, 2.05) is 0 Å². The first-order chi connectivity index (χ1) is 8.13. The van der Waals surface area contributed by atoms with Crippen molar-refractivity contribution in [2.75, 3.05) is 0 Å². The highest BCUT2D eigenvalue weighted by Gasteiger charge is 2.14. The number of rotatable bonds is 2.